The van der Waals surface area contributed by atoms with Gasteiger partial charge in [-0.15, -0.1) is 0 Å². The van der Waals surface area contributed by atoms with Crippen molar-refractivity contribution in [2.24, 2.45) is 0 Å². The van der Waals surface area contributed by atoms with E-state index in [2.05, 4.69) is 4.72 Å². The molecule has 1 N–H and O–H groups in total. The first-order chi connectivity index (χ1) is 8.90. The minimum Gasteiger partial charge on any atom is -0.260 e. The van der Waals surface area contributed by atoms with Crippen LogP contribution in [-0.2, 0) is 20.8 Å². The van der Waals surface area contributed by atoms with E-state index >= 15 is 0 Å². The molecule has 0 heterocycles. The SMILES string of the molecule is CCS(=O)CCNS(=O)(=O)c1cc(C#N)ccc1C. The fourth-order valence-corrected chi connectivity index (χ4v) is 3.52. The average molecular weight is 300 g/mol. The lowest BCUT2D eigenvalue weighted by atomic mass is 10.2. The van der Waals surface area contributed by atoms with Gasteiger partial charge >= 0.3 is 0 Å². The Morgan fingerprint density at radius 3 is 2.68 bits per heavy atom. The van der Waals surface area contributed by atoms with Gasteiger partial charge in [0.25, 0.3) is 0 Å². The van der Waals surface area contributed by atoms with E-state index < -0.39 is 20.8 Å². The summed E-state index contributed by atoms with van der Waals surface area (Å²) in [6.07, 6.45) is 0. The van der Waals surface area contributed by atoms with Crippen molar-refractivity contribution < 1.29 is 12.6 Å². The topological polar surface area (TPSA) is 87.0 Å². The van der Waals surface area contributed by atoms with Crippen LogP contribution in [0.15, 0.2) is 23.1 Å². The van der Waals surface area contributed by atoms with E-state index in [0.717, 1.165) is 0 Å². The predicted octanol–water partition coefficient (Wildman–Crippen LogP) is 0.914. The van der Waals surface area contributed by atoms with E-state index in [1.54, 1.807) is 26.0 Å². The monoisotopic (exact) mass is 300 g/mol. The van der Waals surface area contributed by atoms with Crippen LogP contribution in [0, 0.1) is 18.3 Å². The molecule has 1 rings (SSSR count). The Bertz CT molecular complexity index is 618. The van der Waals surface area contributed by atoms with E-state index in [1.807, 2.05) is 6.07 Å². The van der Waals surface area contributed by atoms with Gasteiger partial charge in [0.15, 0.2) is 0 Å². The van der Waals surface area contributed by atoms with Crippen LogP contribution in [0.2, 0.25) is 0 Å². The second-order valence-electron chi connectivity index (χ2n) is 3.92. The maximum absolute atomic E-state index is 12.1. The van der Waals surface area contributed by atoms with Gasteiger partial charge in [-0.3, -0.25) is 4.21 Å². The van der Waals surface area contributed by atoms with Gasteiger partial charge in [-0.05, 0) is 24.6 Å². The highest BCUT2D eigenvalue weighted by atomic mass is 32.2. The number of nitrogens with one attached hydrogen (secondary N) is 1. The smallest absolute Gasteiger partial charge is 0.240 e. The molecule has 1 unspecified atom stereocenters. The molecule has 0 spiro atoms. The highest BCUT2D eigenvalue weighted by molar-refractivity contribution is 7.89. The average Bonchev–Trinajstić information content (AvgIpc) is 2.38. The number of nitrogens with zero attached hydrogens (tertiary/aromatic N) is 1. The van der Waals surface area contributed by atoms with Crippen LogP contribution >= 0.6 is 0 Å². The molecule has 1 atom stereocenters. The van der Waals surface area contributed by atoms with Crippen molar-refractivity contribution >= 4 is 20.8 Å². The minimum atomic E-state index is -3.66. The summed E-state index contributed by atoms with van der Waals surface area (Å²) in [7, 11) is -4.67. The third-order valence-corrected chi connectivity index (χ3v) is 5.46. The molecule has 1 aromatic carbocycles. The molecular weight excluding hydrogens is 284 g/mol. The first-order valence-corrected chi connectivity index (χ1v) is 8.73. The van der Waals surface area contributed by atoms with Crippen LogP contribution in [0.3, 0.4) is 0 Å². The second kappa shape index (κ2) is 6.80. The van der Waals surface area contributed by atoms with Crippen molar-refractivity contribution in [1.82, 2.24) is 4.72 Å². The maximum atomic E-state index is 12.1. The zero-order valence-corrected chi connectivity index (χ0v) is 12.5. The van der Waals surface area contributed by atoms with E-state index in [1.165, 1.54) is 6.07 Å². The standard InChI is InChI=1S/C12H16N2O3S2/c1-3-18(15)7-6-14-19(16,17)12-8-11(9-13)5-4-10(12)2/h4-5,8,14H,3,6-7H2,1-2H3. The number of rotatable bonds is 6. The molecule has 19 heavy (non-hydrogen) atoms. The highest BCUT2D eigenvalue weighted by Gasteiger charge is 2.17. The van der Waals surface area contributed by atoms with Crippen molar-refractivity contribution in [2.45, 2.75) is 18.7 Å². The maximum Gasteiger partial charge on any atom is 0.240 e. The lowest BCUT2D eigenvalue weighted by Gasteiger charge is -2.09. The van der Waals surface area contributed by atoms with Crippen molar-refractivity contribution in [3.8, 4) is 6.07 Å². The van der Waals surface area contributed by atoms with Crippen LogP contribution in [0.25, 0.3) is 0 Å². The molecule has 0 radical (unpaired) electrons. The van der Waals surface area contributed by atoms with Crippen molar-refractivity contribution in [3.63, 3.8) is 0 Å². The first kappa shape index (κ1) is 15.8. The largest absolute Gasteiger partial charge is 0.260 e. The minimum absolute atomic E-state index is 0.0915. The summed E-state index contributed by atoms with van der Waals surface area (Å²) in [6, 6.07) is 6.42. The van der Waals surface area contributed by atoms with E-state index in [0.29, 0.717) is 16.9 Å². The predicted molar refractivity (Wildman–Crippen MR) is 74.6 cm³/mol. The number of hydrogen-bond donors (Lipinski definition) is 1. The lowest BCUT2D eigenvalue weighted by molar-refractivity contribution is 0.583. The Morgan fingerprint density at radius 2 is 2.11 bits per heavy atom. The number of nitriles is 1. The van der Waals surface area contributed by atoms with Gasteiger partial charge in [-0.1, -0.05) is 13.0 Å². The summed E-state index contributed by atoms with van der Waals surface area (Å²) in [6.45, 7) is 3.57. The molecule has 0 saturated carbocycles. The van der Waals surface area contributed by atoms with Crippen molar-refractivity contribution in [2.75, 3.05) is 18.1 Å². The van der Waals surface area contributed by atoms with Crippen LogP contribution < -0.4 is 4.72 Å². The van der Waals surface area contributed by atoms with Gasteiger partial charge in [-0.2, -0.15) is 5.26 Å². The Hall–Kier alpha value is -1.23. The second-order valence-corrected chi connectivity index (χ2v) is 7.52. The third-order valence-electron chi connectivity index (χ3n) is 2.55. The fourth-order valence-electron chi connectivity index (χ4n) is 1.47. The number of hydrogen-bond acceptors (Lipinski definition) is 4. The normalized spacial score (nSPS) is 12.9. The summed E-state index contributed by atoms with van der Waals surface area (Å²) in [5.74, 6) is 0.789. The number of sulfonamides is 1. The summed E-state index contributed by atoms with van der Waals surface area (Å²) in [5.41, 5.74) is 0.867. The highest BCUT2D eigenvalue weighted by Crippen LogP contribution is 2.16. The van der Waals surface area contributed by atoms with Gasteiger partial charge in [0.1, 0.15) is 0 Å². The summed E-state index contributed by atoms with van der Waals surface area (Å²) in [4.78, 5) is 0.0915. The van der Waals surface area contributed by atoms with E-state index in [4.69, 9.17) is 5.26 Å². The molecule has 0 aliphatic carbocycles. The quantitative estimate of drug-likeness (QED) is 0.846. The molecule has 0 amide bonds. The van der Waals surface area contributed by atoms with Crippen LogP contribution in [-0.4, -0.2) is 30.7 Å². The van der Waals surface area contributed by atoms with Crippen LogP contribution in [0.1, 0.15) is 18.1 Å². The fraction of sp³-hybridized carbons (Fsp3) is 0.417. The molecular formula is C12H16N2O3S2. The van der Waals surface area contributed by atoms with Gasteiger partial charge in [0.2, 0.25) is 10.0 Å². The summed E-state index contributed by atoms with van der Waals surface area (Å²) < 4.78 is 37.8. The Balaban J connectivity index is 2.89. The zero-order valence-electron chi connectivity index (χ0n) is 10.8. The molecule has 0 aliphatic heterocycles. The molecule has 0 saturated heterocycles. The molecule has 0 bridgehead atoms. The molecule has 1 aromatic rings. The lowest BCUT2D eigenvalue weighted by Crippen LogP contribution is -2.28. The van der Waals surface area contributed by atoms with E-state index in [-0.39, 0.29) is 17.2 Å². The van der Waals surface area contributed by atoms with Gasteiger partial charge in [0, 0.05) is 28.9 Å². The first-order valence-electron chi connectivity index (χ1n) is 5.76. The molecule has 0 aromatic heterocycles. The molecule has 0 fully saturated rings. The summed E-state index contributed by atoms with van der Waals surface area (Å²) in [5, 5.41) is 8.79. The molecule has 5 nitrogen and oxygen atoms in total. The Labute approximate surface area is 116 Å². The van der Waals surface area contributed by atoms with Crippen LogP contribution in [0.5, 0.6) is 0 Å². The summed E-state index contributed by atoms with van der Waals surface area (Å²) >= 11 is 0. The molecule has 104 valence electrons. The molecule has 7 heteroatoms. The van der Waals surface area contributed by atoms with Crippen LogP contribution in [0.4, 0.5) is 0 Å². The zero-order chi connectivity index (χ0) is 14.5. The van der Waals surface area contributed by atoms with Gasteiger partial charge in [0.05, 0.1) is 16.5 Å². The Morgan fingerprint density at radius 1 is 1.42 bits per heavy atom. The van der Waals surface area contributed by atoms with E-state index in [9.17, 15) is 12.6 Å². The third kappa shape index (κ3) is 4.42. The van der Waals surface area contributed by atoms with Crippen molar-refractivity contribution in [3.05, 3.63) is 29.3 Å². The Kier molecular flexibility index (Phi) is 5.66. The van der Waals surface area contributed by atoms with Gasteiger partial charge in [-0.25, -0.2) is 13.1 Å². The van der Waals surface area contributed by atoms with Crippen molar-refractivity contribution in [1.29, 1.82) is 5.26 Å². The van der Waals surface area contributed by atoms with Gasteiger partial charge < -0.3 is 0 Å². The number of aryl methyl sites for hydroxylation is 1. The number of benzene rings is 1. The molecule has 0 aliphatic rings.